The van der Waals surface area contributed by atoms with Crippen molar-refractivity contribution in [2.24, 2.45) is 34.5 Å². The molecular weight excluding hydrogens is 300 g/mol. The van der Waals surface area contributed by atoms with Crippen LogP contribution in [0.2, 0.25) is 0 Å². The second-order valence-corrected chi connectivity index (χ2v) is 9.34. The van der Waals surface area contributed by atoms with Gasteiger partial charge in [-0.05, 0) is 79.1 Å². The molecule has 0 aromatic heterocycles. The van der Waals surface area contributed by atoms with E-state index in [-0.39, 0.29) is 22.7 Å². The van der Waals surface area contributed by atoms with E-state index in [1.165, 1.54) is 12.0 Å². The van der Waals surface area contributed by atoms with Gasteiger partial charge in [-0.25, -0.2) is 0 Å². The van der Waals surface area contributed by atoms with Crippen LogP contribution in [0.1, 0.15) is 65.2 Å². The largest absolute Gasteiger partial charge is 0.393 e. The van der Waals surface area contributed by atoms with Crippen LogP contribution in [0.25, 0.3) is 0 Å². The molecule has 4 aliphatic carbocycles. The lowest BCUT2D eigenvalue weighted by Gasteiger charge is -2.59. The van der Waals surface area contributed by atoms with Crippen LogP contribution in [-0.4, -0.2) is 23.3 Å². The van der Waals surface area contributed by atoms with Crippen molar-refractivity contribution in [1.29, 1.82) is 0 Å². The van der Waals surface area contributed by atoms with E-state index in [0.717, 1.165) is 38.4 Å². The van der Waals surface area contributed by atoms with Gasteiger partial charge in [-0.15, -0.1) is 0 Å². The summed E-state index contributed by atoms with van der Waals surface area (Å²) in [6, 6.07) is 0. The van der Waals surface area contributed by atoms with Gasteiger partial charge >= 0.3 is 0 Å². The Kier molecular flexibility index (Phi) is 3.80. The van der Waals surface area contributed by atoms with E-state index in [4.69, 9.17) is 0 Å². The normalized spacial score (nSPS) is 50.5. The van der Waals surface area contributed by atoms with Crippen LogP contribution in [-0.2, 0) is 9.59 Å². The maximum atomic E-state index is 11.9. The number of rotatable bonds is 2. The highest BCUT2D eigenvalue weighted by atomic mass is 16.3. The van der Waals surface area contributed by atoms with E-state index in [9.17, 15) is 14.7 Å². The lowest BCUT2D eigenvalue weighted by Crippen LogP contribution is -2.56. The van der Waals surface area contributed by atoms with Crippen molar-refractivity contribution in [2.45, 2.75) is 71.3 Å². The third kappa shape index (κ3) is 2.13. The molecule has 0 spiro atoms. The van der Waals surface area contributed by atoms with Crippen molar-refractivity contribution in [3.63, 3.8) is 0 Å². The number of carbonyl (C=O) groups is 2. The second kappa shape index (κ2) is 5.52. The molecule has 132 valence electrons. The number of carbonyl (C=O) groups excluding carboxylic acids is 2. The van der Waals surface area contributed by atoms with Crippen LogP contribution in [0, 0.1) is 34.5 Å². The topological polar surface area (TPSA) is 54.4 Å². The molecular formula is C21H30O3. The van der Waals surface area contributed by atoms with Gasteiger partial charge in [0.2, 0.25) is 0 Å². The van der Waals surface area contributed by atoms with Gasteiger partial charge in [0.25, 0.3) is 0 Å². The van der Waals surface area contributed by atoms with Crippen LogP contribution < -0.4 is 0 Å². The summed E-state index contributed by atoms with van der Waals surface area (Å²) in [5.41, 5.74) is 1.41. The number of fused-ring (bicyclic) bond motifs is 5. The highest BCUT2D eigenvalue weighted by Gasteiger charge is 2.61. The van der Waals surface area contributed by atoms with Crippen molar-refractivity contribution >= 4 is 12.1 Å². The number of allylic oxidation sites excluding steroid dienone is 1. The van der Waals surface area contributed by atoms with E-state index in [2.05, 4.69) is 13.8 Å². The van der Waals surface area contributed by atoms with Gasteiger partial charge in [-0.3, -0.25) is 4.79 Å². The van der Waals surface area contributed by atoms with Gasteiger partial charge in [0, 0.05) is 12.8 Å². The van der Waals surface area contributed by atoms with Crippen molar-refractivity contribution in [3.05, 3.63) is 11.6 Å². The summed E-state index contributed by atoms with van der Waals surface area (Å²) in [5, 5.41) is 11.2. The maximum Gasteiger partial charge on any atom is 0.155 e. The van der Waals surface area contributed by atoms with Crippen molar-refractivity contribution in [3.8, 4) is 0 Å². The Balaban J connectivity index is 1.70. The Hall–Kier alpha value is -0.960. The molecule has 24 heavy (non-hydrogen) atoms. The van der Waals surface area contributed by atoms with E-state index in [1.807, 2.05) is 6.08 Å². The van der Waals surface area contributed by atoms with Crippen LogP contribution in [0.15, 0.2) is 11.6 Å². The molecule has 0 amide bonds. The second-order valence-electron chi connectivity index (χ2n) is 9.34. The first kappa shape index (κ1) is 16.5. The molecule has 4 aliphatic rings. The van der Waals surface area contributed by atoms with Gasteiger partial charge in [0.15, 0.2) is 5.78 Å². The fraction of sp³-hybridized carbons (Fsp3) is 0.810. The molecule has 0 aromatic rings. The fourth-order valence-electron chi connectivity index (χ4n) is 7.29. The maximum absolute atomic E-state index is 11.9. The third-order valence-corrected chi connectivity index (χ3v) is 8.47. The van der Waals surface area contributed by atoms with Crippen LogP contribution in [0.3, 0.4) is 0 Å². The van der Waals surface area contributed by atoms with Gasteiger partial charge in [0.1, 0.15) is 6.29 Å². The zero-order chi connectivity index (χ0) is 17.1. The molecule has 4 rings (SSSR count). The summed E-state index contributed by atoms with van der Waals surface area (Å²) < 4.78 is 0. The zero-order valence-electron chi connectivity index (χ0n) is 15.0. The summed E-state index contributed by atoms with van der Waals surface area (Å²) in [7, 11) is 0. The predicted molar refractivity (Wildman–Crippen MR) is 92.3 cm³/mol. The van der Waals surface area contributed by atoms with Gasteiger partial charge in [-0.1, -0.05) is 19.4 Å². The van der Waals surface area contributed by atoms with Crippen LogP contribution in [0.4, 0.5) is 0 Å². The number of aldehydes is 1. The average Bonchev–Trinajstić information content (AvgIpc) is 2.84. The lowest BCUT2D eigenvalue weighted by molar-refractivity contribution is -0.135. The molecule has 7 unspecified atom stereocenters. The molecule has 0 saturated heterocycles. The minimum atomic E-state index is -0.301. The van der Waals surface area contributed by atoms with Crippen molar-refractivity contribution in [2.75, 3.05) is 0 Å². The molecule has 0 aromatic carbocycles. The number of ketones is 1. The lowest BCUT2D eigenvalue weighted by atomic mass is 9.46. The summed E-state index contributed by atoms with van der Waals surface area (Å²) >= 11 is 0. The van der Waals surface area contributed by atoms with Gasteiger partial charge < -0.3 is 9.90 Å². The monoisotopic (exact) mass is 330 g/mol. The SMILES string of the molecule is CC12CCC(=O)C=C1CCC1C2C(O)CC2(C)C(CC=O)CCC12. The summed E-state index contributed by atoms with van der Waals surface area (Å²) in [4.78, 5) is 23.0. The molecule has 0 heterocycles. The Labute approximate surface area is 144 Å². The molecule has 0 aliphatic heterocycles. The van der Waals surface area contributed by atoms with Gasteiger partial charge in [0.05, 0.1) is 6.10 Å². The van der Waals surface area contributed by atoms with Gasteiger partial charge in [-0.2, -0.15) is 0 Å². The van der Waals surface area contributed by atoms with Crippen molar-refractivity contribution in [1.82, 2.24) is 0 Å². The summed E-state index contributed by atoms with van der Waals surface area (Å²) in [6.07, 6.45) is 10.1. The first-order chi connectivity index (χ1) is 11.4. The number of aliphatic hydroxyl groups is 1. The Morgan fingerprint density at radius 2 is 2.04 bits per heavy atom. The Bertz CT molecular complexity index is 594. The highest BCUT2D eigenvalue weighted by Crippen LogP contribution is 2.66. The molecule has 3 fully saturated rings. The first-order valence-electron chi connectivity index (χ1n) is 9.76. The summed E-state index contributed by atoms with van der Waals surface area (Å²) in [5.74, 6) is 2.17. The predicted octanol–water partition coefficient (Wildman–Crippen LogP) is 3.69. The Morgan fingerprint density at radius 3 is 2.79 bits per heavy atom. The molecule has 7 atom stereocenters. The van der Waals surface area contributed by atoms with Crippen molar-refractivity contribution < 1.29 is 14.7 Å². The molecule has 0 bridgehead atoms. The van der Waals surface area contributed by atoms with E-state index in [1.54, 1.807) is 0 Å². The molecule has 1 N–H and O–H groups in total. The van der Waals surface area contributed by atoms with Crippen LogP contribution in [0.5, 0.6) is 0 Å². The molecule has 3 heteroatoms. The quantitative estimate of drug-likeness (QED) is 0.786. The molecule has 0 radical (unpaired) electrons. The average molecular weight is 330 g/mol. The minimum Gasteiger partial charge on any atom is -0.393 e. The Morgan fingerprint density at radius 1 is 1.25 bits per heavy atom. The number of hydrogen-bond acceptors (Lipinski definition) is 3. The number of hydrogen-bond donors (Lipinski definition) is 1. The van der Waals surface area contributed by atoms with E-state index < -0.39 is 0 Å². The first-order valence-corrected chi connectivity index (χ1v) is 9.76. The highest BCUT2D eigenvalue weighted by molar-refractivity contribution is 5.91. The zero-order valence-corrected chi connectivity index (χ0v) is 15.0. The fourth-order valence-corrected chi connectivity index (χ4v) is 7.29. The summed E-state index contributed by atoms with van der Waals surface area (Å²) in [6.45, 7) is 4.63. The van der Waals surface area contributed by atoms with Crippen LogP contribution >= 0.6 is 0 Å². The minimum absolute atomic E-state index is 0.000317. The standard InChI is InChI=1S/C21H30O3/c1-20-9-7-15(23)11-14(20)3-5-16-17-6-4-13(8-10-22)21(17,2)12-18(24)19(16)20/h10-11,13,16-19,24H,3-9,12H2,1-2H3. The smallest absolute Gasteiger partial charge is 0.155 e. The third-order valence-electron chi connectivity index (χ3n) is 8.47. The molecule has 3 nitrogen and oxygen atoms in total. The van der Waals surface area contributed by atoms with E-state index in [0.29, 0.717) is 36.5 Å². The van der Waals surface area contributed by atoms with E-state index >= 15 is 0 Å². The molecule has 3 saturated carbocycles. The number of aliphatic hydroxyl groups excluding tert-OH is 1.